The highest BCUT2D eigenvalue weighted by Crippen LogP contribution is 2.24. The van der Waals surface area contributed by atoms with Crippen molar-refractivity contribution in [3.8, 4) is 5.75 Å². The lowest BCUT2D eigenvalue weighted by atomic mass is 10.1. The molecule has 0 radical (unpaired) electrons. The minimum Gasteiger partial charge on any atom is -0.494 e. The highest BCUT2D eigenvalue weighted by molar-refractivity contribution is 7.92. The summed E-state index contributed by atoms with van der Waals surface area (Å²) in [5, 5.41) is 2.82. The molecule has 3 rings (SSSR count). The number of rotatable bonds is 9. The van der Waals surface area contributed by atoms with Crippen LogP contribution in [0.25, 0.3) is 0 Å². The van der Waals surface area contributed by atoms with Crippen LogP contribution in [-0.2, 0) is 14.8 Å². The number of nitrogens with one attached hydrogen (secondary N) is 1. The molecule has 0 heterocycles. The molecule has 0 aromatic heterocycles. The van der Waals surface area contributed by atoms with E-state index < -0.39 is 28.3 Å². The highest BCUT2D eigenvalue weighted by Gasteiger charge is 2.27. The number of sulfonamides is 1. The molecule has 0 aliphatic carbocycles. The standard InChI is InChI=1S/C24H25FN2O4S/c1-3-31-22-15-9-19(10-16-22)18(2)26-24(28)17-27(21-13-11-20(25)12-14-21)32(29,30)23-7-5-4-6-8-23/h4-16,18H,3,17H2,1-2H3,(H,26,28)/t18-/m1/s1. The topological polar surface area (TPSA) is 75.7 Å². The van der Waals surface area contributed by atoms with E-state index in [4.69, 9.17) is 4.74 Å². The number of benzene rings is 3. The normalized spacial score (nSPS) is 12.1. The Hall–Kier alpha value is -3.39. The summed E-state index contributed by atoms with van der Waals surface area (Å²) >= 11 is 0. The number of carbonyl (C=O) groups excluding carboxylic acids is 1. The zero-order valence-electron chi connectivity index (χ0n) is 17.9. The Bertz CT molecular complexity index is 1130. The largest absolute Gasteiger partial charge is 0.494 e. The van der Waals surface area contributed by atoms with Gasteiger partial charge in [-0.05, 0) is 67.9 Å². The maximum Gasteiger partial charge on any atom is 0.264 e. The first-order valence-corrected chi connectivity index (χ1v) is 11.6. The molecular weight excluding hydrogens is 431 g/mol. The summed E-state index contributed by atoms with van der Waals surface area (Å²) in [4.78, 5) is 12.8. The predicted octanol–water partition coefficient (Wildman–Crippen LogP) is 4.30. The lowest BCUT2D eigenvalue weighted by Gasteiger charge is -2.25. The van der Waals surface area contributed by atoms with Gasteiger partial charge in [0.15, 0.2) is 0 Å². The zero-order chi connectivity index (χ0) is 23.1. The average molecular weight is 457 g/mol. The average Bonchev–Trinajstić information content (AvgIpc) is 2.79. The molecule has 1 amide bonds. The molecule has 0 fully saturated rings. The van der Waals surface area contributed by atoms with Crippen LogP contribution in [0.1, 0.15) is 25.5 Å². The van der Waals surface area contributed by atoms with Crippen LogP contribution in [0.2, 0.25) is 0 Å². The van der Waals surface area contributed by atoms with E-state index in [0.717, 1.165) is 27.8 Å². The smallest absolute Gasteiger partial charge is 0.264 e. The number of anilines is 1. The summed E-state index contributed by atoms with van der Waals surface area (Å²) in [6.45, 7) is 3.81. The SMILES string of the molecule is CCOc1ccc([C@@H](C)NC(=O)CN(c2ccc(F)cc2)S(=O)(=O)c2ccccc2)cc1. The zero-order valence-corrected chi connectivity index (χ0v) is 18.7. The molecule has 0 aliphatic heterocycles. The molecule has 32 heavy (non-hydrogen) atoms. The van der Waals surface area contributed by atoms with E-state index in [0.29, 0.717) is 6.61 Å². The van der Waals surface area contributed by atoms with E-state index in [9.17, 15) is 17.6 Å². The fourth-order valence-corrected chi connectivity index (χ4v) is 4.60. The molecule has 0 aliphatic rings. The second-order valence-electron chi connectivity index (χ2n) is 7.09. The van der Waals surface area contributed by atoms with Gasteiger partial charge in [0.25, 0.3) is 10.0 Å². The van der Waals surface area contributed by atoms with Gasteiger partial charge in [0.2, 0.25) is 5.91 Å². The van der Waals surface area contributed by atoms with Gasteiger partial charge in [-0.1, -0.05) is 30.3 Å². The molecule has 168 valence electrons. The summed E-state index contributed by atoms with van der Waals surface area (Å²) in [5.74, 6) is -0.263. The van der Waals surface area contributed by atoms with E-state index in [1.54, 1.807) is 18.2 Å². The lowest BCUT2D eigenvalue weighted by molar-refractivity contribution is -0.120. The monoisotopic (exact) mass is 456 g/mol. The first kappa shape index (κ1) is 23.3. The number of ether oxygens (including phenoxy) is 1. The second-order valence-corrected chi connectivity index (χ2v) is 8.95. The first-order chi connectivity index (χ1) is 15.3. The Morgan fingerprint density at radius 1 is 1.00 bits per heavy atom. The Kier molecular flexibility index (Phi) is 7.48. The Morgan fingerprint density at radius 3 is 2.22 bits per heavy atom. The number of carbonyl (C=O) groups is 1. The molecule has 8 heteroatoms. The third-order valence-corrected chi connectivity index (χ3v) is 6.59. The number of nitrogens with zero attached hydrogens (tertiary/aromatic N) is 1. The summed E-state index contributed by atoms with van der Waals surface area (Å²) in [7, 11) is -4.04. The van der Waals surface area contributed by atoms with Crippen molar-refractivity contribution in [3.63, 3.8) is 0 Å². The van der Waals surface area contributed by atoms with Crippen LogP contribution in [0.5, 0.6) is 5.75 Å². The van der Waals surface area contributed by atoms with Gasteiger partial charge in [0.1, 0.15) is 18.1 Å². The lowest BCUT2D eigenvalue weighted by Crippen LogP contribution is -2.41. The molecular formula is C24H25FN2O4S. The van der Waals surface area contributed by atoms with E-state index in [-0.39, 0.29) is 16.6 Å². The number of hydrogen-bond donors (Lipinski definition) is 1. The van der Waals surface area contributed by atoms with Crippen molar-refractivity contribution in [1.29, 1.82) is 0 Å². The molecule has 0 saturated carbocycles. The molecule has 0 spiro atoms. The van der Waals surface area contributed by atoms with Gasteiger partial charge < -0.3 is 10.1 Å². The maximum absolute atomic E-state index is 13.4. The third-order valence-electron chi connectivity index (χ3n) is 4.80. The van der Waals surface area contributed by atoms with E-state index >= 15 is 0 Å². The Morgan fingerprint density at radius 2 is 1.62 bits per heavy atom. The predicted molar refractivity (Wildman–Crippen MR) is 122 cm³/mol. The van der Waals surface area contributed by atoms with Crippen LogP contribution in [-0.4, -0.2) is 27.5 Å². The van der Waals surface area contributed by atoms with Crippen LogP contribution in [0.4, 0.5) is 10.1 Å². The maximum atomic E-state index is 13.4. The van der Waals surface area contributed by atoms with Crippen molar-refractivity contribution >= 4 is 21.6 Å². The van der Waals surface area contributed by atoms with Crippen molar-refractivity contribution in [1.82, 2.24) is 5.32 Å². The van der Waals surface area contributed by atoms with Gasteiger partial charge in [0, 0.05) is 0 Å². The number of hydrogen-bond acceptors (Lipinski definition) is 4. The molecule has 3 aromatic rings. The van der Waals surface area contributed by atoms with Crippen molar-refractivity contribution in [2.24, 2.45) is 0 Å². The second kappa shape index (κ2) is 10.3. The fraction of sp³-hybridized carbons (Fsp3) is 0.208. The Labute approximate surface area is 187 Å². The molecule has 3 aromatic carbocycles. The summed E-state index contributed by atoms with van der Waals surface area (Å²) in [6.07, 6.45) is 0. The van der Waals surface area contributed by atoms with Crippen molar-refractivity contribution < 1.29 is 22.3 Å². The van der Waals surface area contributed by atoms with Gasteiger partial charge in [-0.15, -0.1) is 0 Å². The van der Waals surface area contributed by atoms with Crippen molar-refractivity contribution in [2.45, 2.75) is 24.8 Å². The van der Waals surface area contributed by atoms with Crippen LogP contribution < -0.4 is 14.4 Å². The van der Waals surface area contributed by atoms with E-state index in [2.05, 4.69) is 5.32 Å². The number of amides is 1. The van der Waals surface area contributed by atoms with Crippen LogP contribution in [0.15, 0.2) is 83.8 Å². The van der Waals surface area contributed by atoms with E-state index in [1.807, 2.05) is 38.1 Å². The summed E-state index contributed by atoms with van der Waals surface area (Å²) < 4.78 is 46.3. The van der Waals surface area contributed by atoms with Gasteiger partial charge in [-0.2, -0.15) is 0 Å². The van der Waals surface area contributed by atoms with Crippen LogP contribution in [0.3, 0.4) is 0 Å². The van der Waals surface area contributed by atoms with Crippen molar-refractivity contribution in [3.05, 3.63) is 90.2 Å². The van der Waals surface area contributed by atoms with Crippen molar-refractivity contribution in [2.75, 3.05) is 17.5 Å². The molecule has 6 nitrogen and oxygen atoms in total. The summed E-state index contributed by atoms with van der Waals surface area (Å²) in [6, 6.07) is 19.7. The Balaban J connectivity index is 1.81. The van der Waals surface area contributed by atoms with Crippen LogP contribution >= 0.6 is 0 Å². The van der Waals surface area contributed by atoms with Gasteiger partial charge in [-0.25, -0.2) is 12.8 Å². The van der Waals surface area contributed by atoms with Gasteiger partial charge in [0.05, 0.1) is 23.2 Å². The molecule has 1 N–H and O–H groups in total. The van der Waals surface area contributed by atoms with E-state index in [1.165, 1.54) is 24.3 Å². The minimum atomic E-state index is -4.04. The highest BCUT2D eigenvalue weighted by atomic mass is 32.2. The molecule has 0 saturated heterocycles. The summed E-state index contributed by atoms with van der Waals surface area (Å²) in [5.41, 5.74) is 1.04. The molecule has 0 bridgehead atoms. The van der Waals surface area contributed by atoms with Gasteiger partial charge >= 0.3 is 0 Å². The van der Waals surface area contributed by atoms with Gasteiger partial charge in [-0.3, -0.25) is 9.10 Å². The molecule has 0 unspecified atom stereocenters. The molecule has 1 atom stereocenters. The quantitative estimate of drug-likeness (QED) is 0.521. The first-order valence-electron chi connectivity index (χ1n) is 10.2. The third kappa shape index (κ3) is 5.64. The van der Waals surface area contributed by atoms with Crippen LogP contribution in [0, 0.1) is 5.82 Å². The minimum absolute atomic E-state index is 0.0386. The number of halogens is 1. The fourth-order valence-electron chi connectivity index (χ4n) is 3.16.